The number of halogens is 1. The van der Waals surface area contributed by atoms with Gasteiger partial charge < -0.3 is 10.5 Å². The molecule has 0 radical (unpaired) electrons. The van der Waals surface area contributed by atoms with Crippen molar-refractivity contribution >= 4 is 11.8 Å². The lowest BCUT2D eigenvalue weighted by molar-refractivity contribution is 0.129. The van der Waals surface area contributed by atoms with Crippen LogP contribution in [-0.2, 0) is 17.0 Å². The SMILES string of the molecule is NCc1ccc(F)c(CSCC2CCCO2)c1. The van der Waals surface area contributed by atoms with Crippen molar-refractivity contribution in [1.29, 1.82) is 0 Å². The van der Waals surface area contributed by atoms with Gasteiger partial charge in [-0.05, 0) is 30.0 Å². The van der Waals surface area contributed by atoms with E-state index in [9.17, 15) is 4.39 Å². The molecule has 2 rings (SSSR count). The smallest absolute Gasteiger partial charge is 0.127 e. The highest BCUT2D eigenvalue weighted by Gasteiger charge is 2.15. The number of rotatable bonds is 5. The van der Waals surface area contributed by atoms with E-state index in [1.54, 1.807) is 17.8 Å². The van der Waals surface area contributed by atoms with Crippen LogP contribution in [0.4, 0.5) is 4.39 Å². The molecular weight excluding hydrogens is 237 g/mol. The average Bonchev–Trinajstić information content (AvgIpc) is 2.84. The fourth-order valence-electron chi connectivity index (χ4n) is 1.94. The molecule has 0 aromatic heterocycles. The monoisotopic (exact) mass is 255 g/mol. The van der Waals surface area contributed by atoms with E-state index in [-0.39, 0.29) is 5.82 Å². The molecular formula is C13H18FNOS. The Labute approximate surface area is 106 Å². The minimum atomic E-state index is -0.137. The van der Waals surface area contributed by atoms with Gasteiger partial charge in [0, 0.05) is 24.7 Å². The molecule has 0 aliphatic carbocycles. The van der Waals surface area contributed by atoms with Crippen LogP contribution in [0.1, 0.15) is 24.0 Å². The van der Waals surface area contributed by atoms with E-state index in [2.05, 4.69) is 0 Å². The predicted octanol–water partition coefficient (Wildman–Crippen LogP) is 2.70. The third-order valence-electron chi connectivity index (χ3n) is 2.93. The van der Waals surface area contributed by atoms with Crippen molar-refractivity contribution < 1.29 is 9.13 Å². The van der Waals surface area contributed by atoms with Crippen LogP contribution >= 0.6 is 11.8 Å². The van der Waals surface area contributed by atoms with Gasteiger partial charge in [0.1, 0.15) is 5.82 Å². The standard InChI is InChI=1S/C13H18FNOS/c14-13-4-3-10(7-15)6-11(13)8-17-9-12-2-1-5-16-12/h3-4,6,12H,1-2,5,7-9,15H2. The van der Waals surface area contributed by atoms with Gasteiger partial charge in [0.25, 0.3) is 0 Å². The van der Waals surface area contributed by atoms with Crippen LogP contribution in [0, 0.1) is 5.82 Å². The Morgan fingerprint density at radius 2 is 2.35 bits per heavy atom. The van der Waals surface area contributed by atoms with Crippen LogP contribution in [0.3, 0.4) is 0 Å². The van der Waals surface area contributed by atoms with Gasteiger partial charge >= 0.3 is 0 Å². The first-order chi connectivity index (χ1) is 8.29. The summed E-state index contributed by atoms with van der Waals surface area (Å²) in [5, 5.41) is 0. The lowest BCUT2D eigenvalue weighted by atomic mass is 10.1. The molecule has 2 nitrogen and oxygen atoms in total. The third-order valence-corrected chi connectivity index (χ3v) is 4.05. The van der Waals surface area contributed by atoms with Crippen molar-refractivity contribution in [3.05, 3.63) is 35.1 Å². The fourth-order valence-corrected chi connectivity index (χ4v) is 3.03. The summed E-state index contributed by atoms with van der Waals surface area (Å²) in [6, 6.07) is 5.10. The highest BCUT2D eigenvalue weighted by atomic mass is 32.2. The summed E-state index contributed by atoms with van der Waals surface area (Å²) >= 11 is 1.73. The quantitative estimate of drug-likeness (QED) is 0.878. The maximum Gasteiger partial charge on any atom is 0.127 e. The normalized spacial score (nSPS) is 19.8. The van der Waals surface area contributed by atoms with Gasteiger partial charge in [-0.3, -0.25) is 0 Å². The Morgan fingerprint density at radius 3 is 3.06 bits per heavy atom. The lowest BCUT2D eigenvalue weighted by Crippen LogP contribution is -2.08. The van der Waals surface area contributed by atoms with E-state index in [0.29, 0.717) is 18.4 Å². The molecule has 17 heavy (non-hydrogen) atoms. The Bertz CT molecular complexity index is 366. The van der Waals surface area contributed by atoms with Crippen molar-refractivity contribution in [2.24, 2.45) is 5.73 Å². The van der Waals surface area contributed by atoms with Crippen LogP contribution in [0.15, 0.2) is 18.2 Å². The summed E-state index contributed by atoms with van der Waals surface area (Å²) in [6.45, 7) is 1.34. The van der Waals surface area contributed by atoms with E-state index in [0.717, 1.165) is 36.3 Å². The molecule has 94 valence electrons. The average molecular weight is 255 g/mol. The second-order valence-electron chi connectivity index (χ2n) is 4.28. The Kier molecular flexibility index (Phi) is 4.83. The molecule has 4 heteroatoms. The summed E-state index contributed by atoms with van der Waals surface area (Å²) in [7, 11) is 0. The Hall–Kier alpha value is -0.580. The molecule has 0 saturated carbocycles. The van der Waals surface area contributed by atoms with E-state index in [4.69, 9.17) is 10.5 Å². The van der Waals surface area contributed by atoms with E-state index in [1.165, 1.54) is 6.07 Å². The molecule has 0 amide bonds. The van der Waals surface area contributed by atoms with Crippen molar-refractivity contribution in [1.82, 2.24) is 0 Å². The molecule has 1 aliphatic rings. The van der Waals surface area contributed by atoms with E-state index < -0.39 is 0 Å². The molecule has 2 N–H and O–H groups in total. The summed E-state index contributed by atoms with van der Waals surface area (Å²) in [5.74, 6) is 1.51. The minimum absolute atomic E-state index is 0.137. The Balaban J connectivity index is 1.84. The van der Waals surface area contributed by atoms with Gasteiger partial charge in [-0.2, -0.15) is 11.8 Å². The number of thioether (sulfide) groups is 1. The second kappa shape index (κ2) is 6.38. The highest BCUT2D eigenvalue weighted by Crippen LogP contribution is 2.22. The van der Waals surface area contributed by atoms with Crippen molar-refractivity contribution in [2.45, 2.75) is 31.2 Å². The zero-order chi connectivity index (χ0) is 12.1. The first-order valence-corrected chi connectivity index (χ1v) is 7.12. The van der Waals surface area contributed by atoms with Crippen molar-refractivity contribution in [3.63, 3.8) is 0 Å². The van der Waals surface area contributed by atoms with Gasteiger partial charge in [0.15, 0.2) is 0 Å². The van der Waals surface area contributed by atoms with Gasteiger partial charge in [-0.25, -0.2) is 4.39 Å². The molecule has 1 aliphatic heterocycles. The maximum absolute atomic E-state index is 13.5. The number of nitrogens with two attached hydrogens (primary N) is 1. The summed E-state index contributed by atoms with van der Waals surface area (Å²) in [6.07, 6.45) is 2.65. The van der Waals surface area contributed by atoms with Crippen LogP contribution in [0.5, 0.6) is 0 Å². The summed E-state index contributed by atoms with van der Waals surface area (Å²) in [5.41, 5.74) is 7.28. The molecule has 1 unspecified atom stereocenters. The van der Waals surface area contributed by atoms with Gasteiger partial charge in [-0.1, -0.05) is 12.1 Å². The van der Waals surface area contributed by atoms with Crippen LogP contribution in [0.2, 0.25) is 0 Å². The summed E-state index contributed by atoms with van der Waals surface area (Å²) < 4.78 is 19.1. The molecule has 1 aromatic rings. The molecule has 1 heterocycles. The second-order valence-corrected chi connectivity index (χ2v) is 5.31. The maximum atomic E-state index is 13.5. The zero-order valence-corrected chi connectivity index (χ0v) is 10.6. The predicted molar refractivity (Wildman–Crippen MR) is 69.4 cm³/mol. The molecule has 1 saturated heterocycles. The molecule has 0 bridgehead atoms. The summed E-state index contributed by atoms with van der Waals surface area (Å²) in [4.78, 5) is 0. The van der Waals surface area contributed by atoms with E-state index >= 15 is 0 Å². The van der Waals surface area contributed by atoms with Crippen LogP contribution in [-0.4, -0.2) is 18.5 Å². The van der Waals surface area contributed by atoms with Gasteiger partial charge in [0.2, 0.25) is 0 Å². The fraction of sp³-hybridized carbons (Fsp3) is 0.538. The number of hydrogen-bond acceptors (Lipinski definition) is 3. The van der Waals surface area contributed by atoms with Gasteiger partial charge in [0.05, 0.1) is 6.10 Å². The first-order valence-electron chi connectivity index (χ1n) is 5.96. The topological polar surface area (TPSA) is 35.2 Å². The number of benzene rings is 1. The molecule has 1 atom stereocenters. The molecule has 1 fully saturated rings. The highest BCUT2D eigenvalue weighted by molar-refractivity contribution is 7.98. The van der Waals surface area contributed by atoms with Crippen molar-refractivity contribution in [2.75, 3.05) is 12.4 Å². The first kappa shape index (κ1) is 12.9. The number of hydrogen-bond donors (Lipinski definition) is 1. The number of ether oxygens (including phenoxy) is 1. The van der Waals surface area contributed by atoms with Crippen LogP contribution in [0.25, 0.3) is 0 Å². The van der Waals surface area contributed by atoms with Crippen molar-refractivity contribution in [3.8, 4) is 0 Å². The molecule has 1 aromatic carbocycles. The third kappa shape index (κ3) is 3.69. The van der Waals surface area contributed by atoms with Gasteiger partial charge in [-0.15, -0.1) is 0 Å². The largest absolute Gasteiger partial charge is 0.377 e. The van der Waals surface area contributed by atoms with Crippen LogP contribution < -0.4 is 5.73 Å². The lowest BCUT2D eigenvalue weighted by Gasteiger charge is -2.09. The molecule has 0 spiro atoms. The minimum Gasteiger partial charge on any atom is -0.377 e. The van der Waals surface area contributed by atoms with E-state index in [1.807, 2.05) is 6.07 Å². The Morgan fingerprint density at radius 1 is 1.47 bits per heavy atom. The zero-order valence-electron chi connectivity index (χ0n) is 9.82.